The molecule has 0 fully saturated rings. The van der Waals surface area contributed by atoms with Crippen LogP contribution in [0, 0.1) is 5.82 Å². The lowest BCUT2D eigenvalue weighted by atomic mass is 10.3. The average molecular weight is 283 g/mol. The third kappa shape index (κ3) is 7.74. The van der Waals surface area contributed by atoms with Crippen LogP contribution in [-0.2, 0) is 9.53 Å². The number of carbonyl (C=O) groups is 1. The van der Waals surface area contributed by atoms with Crippen LogP contribution < -0.4 is 10.1 Å². The molecule has 112 valence electrons. The quantitative estimate of drug-likeness (QED) is 0.671. The fraction of sp³-hybridized carbons (Fsp3) is 0.533. The Kier molecular flexibility index (Phi) is 8.38. The number of carbonyl (C=O) groups excluding carboxylic acids is 1. The predicted molar refractivity (Wildman–Crippen MR) is 75.2 cm³/mol. The van der Waals surface area contributed by atoms with Gasteiger partial charge in [-0.3, -0.25) is 4.79 Å². The van der Waals surface area contributed by atoms with Crippen molar-refractivity contribution in [1.29, 1.82) is 0 Å². The van der Waals surface area contributed by atoms with E-state index in [2.05, 4.69) is 12.2 Å². The van der Waals surface area contributed by atoms with Gasteiger partial charge in [0.15, 0.2) is 6.61 Å². The summed E-state index contributed by atoms with van der Waals surface area (Å²) in [4.78, 5) is 11.5. The van der Waals surface area contributed by atoms with Gasteiger partial charge < -0.3 is 14.8 Å². The first-order valence-corrected chi connectivity index (χ1v) is 6.95. The van der Waals surface area contributed by atoms with Gasteiger partial charge in [0.1, 0.15) is 11.6 Å². The van der Waals surface area contributed by atoms with Crippen LogP contribution in [0.25, 0.3) is 0 Å². The third-order valence-electron chi connectivity index (χ3n) is 2.61. The number of hydrogen-bond acceptors (Lipinski definition) is 3. The summed E-state index contributed by atoms with van der Waals surface area (Å²) in [6, 6.07) is 5.57. The van der Waals surface area contributed by atoms with Gasteiger partial charge in [-0.25, -0.2) is 4.39 Å². The van der Waals surface area contributed by atoms with Crippen molar-refractivity contribution in [2.75, 3.05) is 26.4 Å². The molecule has 0 unspecified atom stereocenters. The standard InChI is InChI=1S/C15H22FNO3/c1-2-3-10-19-11-4-9-17-15(18)12-20-14-7-5-13(16)6-8-14/h5-8H,2-4,9-12H2,1H3,(H,17,18). The minimum Gasteiger partial charge on any atom is -0.484 e. The molecule has 1 aromatic carbocycles. The second-order valence-corrected chi connectivity index (χ2v) is 4.41. The fourth-order valence-electron chi connectivity index (χ4n) is 1.48. The largest absolute Gasteiger partial charge is 0.484 e. The Bertz CT molecular complexity index is 381. The number of amides is 1. The smallest absolute Gasteiger partial charge is 0.257 e. The Morgan fingerprint density at radius 1 is 1.20 bits per heavy atom. The minimum absolute atomic E-state index is 0.0671. The number of hydrogen-bond donors (Lipinski definition) is 1. The number of ether oxygens (including phenoxy) is 2. The lowest BCUT2D eigenvalue weighted by Gasteiger charge is -2.07. The monoisotopic (exact) mass is 283 g/mol. The van der Waals surface area contributed by atoms with Crippen molar-refractivity contribution in [3.8, 4) is 5.75 Å². The van der Waals surface area contributed by atoms with E-state index in [0.717, 1.165) is 25.9 Å². The molecule has 0 radical (unpaired) electrons. The maximum atomic E-state index is 12.7. The van der Waals surface area contributed by atoms with Gasteiger partial charge in [0.05, 0.1) is 0 Å². The Hall–Kier alpha value is -1.62. The molecule has 1 rings (SSSR count). The van der Waals surface area contributed by atoms with E-state index in [0.29, 0.717) is 18.9 Å². The van der Waals surface area contributed by atoms with Crippen molar-refractivity contribution in [3.63, 3.8) is 0 Å². The van der Waals surface area contributed by atoms with Gasteiger partial charge in [-0.15, -0.1) is 0 Å². The van der Waals surface area contributed by atoms with Gasteiger partial charge in [-0.1, -0.05) is 13.3 Å². The highest BCUT2D eigenvalue weighted by atomic mass is 19.1. The molecule has 0 aliphatic heterocycles. The molecule has 20 heavy (non-hydrogen) atoms. The average Bonchev–Trinajstić information content (AvgIpc) is 2.46. The topological polar surface area (TPSA) is 47.6 Å². The normalized spacial score (nSPS) is 10.3. The van der Waals surface area contributed by atoms with E-state index in [4.69, 9.17) is 9.47 Å². The van der Waals surface area contributed by atoms with Crippen LogP contribution in [0.5, 0.6) is 5.75 Å². The molecule has 0 spiro atoms. The summed E-state index contributed by atoms with van der Waals surface area (Å²) in [6.07, 6.45) is 2.97. The molecular formula is C15H22FNO3. The summed E-state index contributed by atoms with van der Waals surface area (Å²) in [7, 11) is 0. The van der Waals surface area contributed by atoms with E-state index < -0.39 is 0 Å². The summed E-state index contributed by atoms with van der Waals surface area (Å²) in [5.74, 6) is -0.0443. The number of unbranched alkanes of at least 4 members (excludes halogenated alkanes) is 1. The van der Waals surface area contributed by atoms with Gasteiger partial charge in [0, 0.05) is 19.8 Å². The van der Waals surface area contributed by atoms with Crippen molar-refractivity contribution in [2.45, 2.75) is 26.2 Å². The second-order valence-electron chi connectivity index (χ2n) is 4.41. The van der Waals surface area contributed by atoms with Gasteiger partial charge in [0.25, 0.3) is 5.91 Å². The van der Waals surface area contributed by atoms with Gasteiger partial charge in [-0.05, 0) is 37.1 Å². The zero-order valence-electron chi connectivity index (χ0n) is 11.9. The summed E-state index contributed by atoms with van der Waals surface area (Å²) in [5.41, 5.74) is 0. The van der Waals surface area contributed by atoms with Gasteiger partial charge in [0.2, 0.25) is 0 Å². The molecule has 0 aliphatic rings. The molecule has 0 saturated heterocycles. The maximum Gasteiger partial charge on any atom is 0.257 e. The predicted octanol–water partition coefficient (Wildman–Crippen LogP) is 2.53. The Labute approximate surface area is 119 Å². The van der Waals surface area contributed by atoms with Crippen LogP contribution in [0.1, 0.15) is 26.2 Å². The lowest BCUT2D eigenvalue weighted by Crippen LogP contribution is -2.30. The van der Waals surface area contributed by atoms with Gasteiger partial charge >= 0.3 is 0 Å². The van der Waals surface area contributed by atoms with Crippen LogP contribution in [0.2, 0.25) is 0 Å². The summed E-state index contributed by atoms with van der Waals surface area (Å²) >= 11 is 0. The number of rotatable bonds is 10. The molecule has 1 N–H and O–H groups in total. The van der Waals surface area contributed by atoms with E-state index >= 15 is 0 Å². The van der Waals surface area contributed by atoms with Crippen LogP contribution >= 0.6 is 0 Å². The van der Waals surface area contributed by atoms with Crippen molar-refractivity contribution in [1.82, 2.24) is 5.32 Å². The molecule has 0 atom stereocenters. The molecule has 0 aromatic heterocycles. The summed E-state index contributed by atoms with van der Waals surface area (Å²) in [5, 5.41) is 2.74. The molecule has 1 amide bonds. The Morgan fingerprint density at radius 2 is 1.90 bits per heavy atom. The maximum absolute atomic E-state index is 12.7. The molecule has 0 aliphatic carbocycles. The molecular weight excluding hydrogens is 261 g/mol. The van der Waals surface area contributed by atoms with Crippen LogP contribution in [-0.4, -0.2) is 32.3 Å². The molecule has 4 nitrogen and oxygen atoms in total. The first-order chi connectivity index (χ1) is 9.72. The third-order valence-corrected chi connectivity index (χ3v) is 2.61. The van der Waals surface area contributed by atoms with E-state index in [1.807, 2.05) is 0 Å². The lowest BCUT2D eigenvalue weighted by molar-refractivity contribution is -0.123. The van der Waals surface area contributed by atoms with E-state index in [1.54, 1.807) is 0 Å². The van der Waals surface area contributed by atoms with Crippen molar-refractivity contribution in [3.05, 3.63) is 30.1 Å². The van der Waals surface area contributed by atoms with Crippen LogP contribution in [0.4, 0.5) is 4.39 Å². The van der Waals surface area contributed by atoms with Crippen LogP contribution in [0.3, 0.4) is 0 Å². The molecule has 1 aromatic rings. The van der Waals surface area contributed by atoms with Crippen molar-refractivity contribution in [2.24, 2.45) is 0 Å². The molecule has 5 heteroatoms. The van der Waals surface area contributed by atoms with E-state index in [9.17, 15) is 9.18 Å². The van der Waals surface area contributed by atoms with Crippen molar-refractivity contribution < 1.29 is 18.7 Å². The Morgan fingerprint density at radius 3 is 2.60 bits per heavy atom. The highest BCUT2D eigenvalue weighted by Crippen LogP contribution is 2.10. The first kappa shape index (κ1) is 16.4. The minimum atomic E-state index is -0.329. The zero-order valence-corrected chi connectivity index (χ0v) is 11.9. The summed E-state index contributed by atoms with van der Waals surface area (Å²) < 4.78 is 23.3. The molecule has 0 saturated carbocycles. The zero-order chi connectivity index (χ0) is 14.6. The second kappa shape index (κ2) is 10.2. The SMILES string of the molecule is CCCCOCCCNC(=O)COc1ccc(F)cc1. The summed E-state index contributed by atoms with van der Waals surface area (Å²) in [6.45, 7) is 4.04. The molecule has 0 heterocycles. The fourth-order valence-corrected chi connectivity index (χ4v) is 1.48. The first-order valence-electron chi connectivity index (χ1n) is 6.95. The van der Waals surface area contributed by atoms with E-state index in [1.165, 1.54) is 24.3 Å². The van der Waals surface area contributed by atoms with Crippen molar-refractivity contribution >= 4 is 5.91 Å². The Balaban J connectivity index is 2.01. The number of halogens is 1. The number of benzene rings is 1. The van der Waals surface area contributed by atoms with E-state index in [-0.39, 0.29) is 18.3 Å². The highest BCUT2D eigenvalue weighted by Gasteiger charge is 2.02. The van der Waals surface area contributed by atoms with Crippen LogP contribution in [0.15, 0.2) is 24.3 Å². The molecule has 0 bridgehead atoms. The van der Waals surface area contributed by atoms with Gasteiger partial charge in [-0.2, -0.15) is 0 Å². The highest BCUT2D eigenvalue weighted by molar-refractivity contribution is 5.77. The number of nitrogens with one attached hydrogen (secondary N) is 1.